The van der Waals surface area contributed by atoms with Crippen LogP contribution in [0.25, 0.3) is 0 Å². The van der Waals surface area contributed by atoms with E-state index in [9.17, 15) is 14.4 Å². The molecule has 6 heteroatoms. The molecule has 0 heterocycles. The molecule has 0 fully saturated rings. The molecule has 0 aromatic carbocycles. The van der Waals surface area contributed by atoms with Crippen molar-refractivity contribution in [2.24, 2.45) is 0 Å². The van der Waals surface area contributed by atoms with E-state index in [1.165, 1.54) is 257 Å². The minimum absolute atomic E-state index is 0.0695. The summed E-state index contributed by atoms with van der Waals surface area (Å²) in [5, 5.41) is 0. The largest absolute Gasteiger partial charge is 0.462 e. The first-order chi connectivity index (χ1) is 37.0. The lowest BCUT2D eigenvalue weighted by Crippen LogP contribution is -2.30. The van der Waals surface area contributed by atoms with Gasteiger partial charge in [0.05, 0.1) is 0 Å². The van der Waals surface area contributed by atoms with E-state index in [0.29, 0.717) is 19.3 Å². The quantitative estimate of drug-likeness (QED) is 0.0261. The Balaban J connectivity index is 4.22. The molecule has 75 heavy (non-hydrogen) atoms. The summed E-state index contributed by atoms with van der Waals surface area (Å²) in [5.41, 5.74) is 0. The molecule has 0 amide bonds. The van der Waals surface area contributed by atoms with Crippen LogP contribution in [0.3, 0.4) is 0 Å². The molecule has 1 unspecified atom stereocenters. The summed E-state index contributed by atoms with van der Waals surface area (Å²) in [6.45, 7) is 6.64. The second kappa shape index (κ2) is 64.4. The molecule has 0 bridgehead atoms. The molecule has 0 aliphatic carbocycles. The van der Waals surface area contributed by atoms with Crippen LogP contribution < -0.4 is 0 Å². The summed E-state index contributed by atoms with van der Waals surface area (Å²) in [6.07, 6.45) is 77.7. The highest BCUT2D eigenvalue weighted by molar-refractivity contribution is 5.71. The number of ether oxygens (including phenoxy) is 3. The van der Waals surface area contributed by atoms with Crippen molar-refractivity contribution in [1.29, 1.82) is 0 Å². The van der Waals surface area contributed by atoms with Crippen molar-refractivity contribution >= 4 is 17.9 Å². The topological polar surface area (TPSA) is 78.9 Å². The summed E-state index contributed by atoms with van der Waals surface area (Å²) in [7, 11) is 0. The van der Waals surface area contributed by atoms with Gasteiger partial charge in [0.2, 0.25) is 0 Å². The number of esters is 3. The number of hydrogen-bond acceptors (Lipinski definition) is 6. The van der Waals surface area contributed by atoms with Gasteiger partial charge in [0.1, 0.15) is 13.2 Å². The molecule has 0 aliphatic heterocycles. The van der Waals surface area contributed by atoms with Crippen LogP contribution in [0.5, 0.6) is 0 Å². The zero-order chi connectivity index (χ0) is 54.3. The zero-order valence-electron chi connectivity index (χ0n) is 50.8. The highest BCUT2D eigenvalue weighted by Crippen LogP contribution is 2.19. The highest BCUT2D eigenvalue weighted by atomic mass is 16.6. The molecule has 0 radical (unpaired) electrons. The van der Waals surface area contributed by atoms with Crippen LogP contribution in [0.4, 0.5) is 0 Å². The lowest BCUT2D eigenvalue weighted by molar-refractivity contribution is -0.167. The fourth-order valence-corrected chi connectivity index (χ4v) is 10.4. The maximum atomic E-state index is 12.9. The maximum absolute atomic E-state index is 12.9. The second-order valence-corrected chi connectivity index (χ2v) is 23.1. The van der Waals surface area contributed by atoms with E-state index < -0.39 is 6.10 Å². The van der Waals surface area contributed by atoms with Gasteiger partial charge in [-0.15, -0.1) is 0 Å². The van der Waals surface area contributed by atoms with E-state index in [1.807, 2.05) is 0 Å². The second-order valence-electron chi connectivity index (χ2n) is 23.1. The minimum Gasteiger partial charge on any atom is -0.462 e. The van der Waals surface area contributed by atoms with Crippen LogP contribution in [0.15, 0.2) is 24.3 Å². The number of rotatable bonds is 63. The van der Waals surface area contributed by atoms with Gasteiger partial charge in [0.15, 0.2) is 6.10 Å². The maximum Gasteiger partial charge on any atom is 0.306 e. The Labute approximate surface area is 468 Å². The van der Waals surface area contributed by atoms with Gasteiger partial charge in [-0.2, -0.15) is 0 Å². The normalized spacial score (nSPS) is 12.1. The van der Waals surface area contributed by atoms with Crippen molar-refractivity contribution in [1.82, 2.24) is 0 Å². The standard InChI is InChI=1S/C69H130O6/c1-4-7-10-13-16-19-22-25-27-29-31-33-34-35-36-38-39-41-44-47-50-53-56-59-62-68(71)74-65-66(64-73-67(70)61-58-55-52-49-46-43-24-21-18-15-12-9-6-3)75-69(72)63-60-57-54-51-48-45-42-40-37-32-30-28-26-23-20-17-14-11-8-5-2/h12,15,21,24,66H,4-11,13-14,16-20,22-23,25-65H2,1-3H3/b15-12-,24-21-. The number of carbonyl (C=O) groups is 3. The van der Waals surface area contributed by atoms with Crippen molar-refractivity contribution < 1.29 is 28.6 Å². The fraction of sp³-hybridized carbons (Fsp3) is 0.899. The van der Waals surface area contributed by atoms with Crippen LogP contribution in [0.1, 0.15) is 380 Å². The molecular formula is C69H130O6. The first-order valence-corrected chi connectivity index (χ1v) is 33.8. The van der Waals surface area contributed by atoms with Crippen LogP contribution in [0, 0.1) is 0 Å². The first kappa shape index (κ1) is 72.9. The smallest absolute Gasteiger partial charge is 0.306 e. The summed E-state index contributed by atoms with van der Waals surface area (Å²) >= 11 is 0. The fourth-order valence-electron chi connectivity index (χ4n) is 10.4. The minimum atomic E-state index is -0.773. The Morgan fingerprint density at radius 1 is 0.267 bits per heavy atom. The van der Waals surface area contributed by atoms with Crippen molar-refractivity contribution in [3.05, 3.63) is 24.3 Å². The molecule has 0 aromatic rings. The zero-order valence-corrected chi connectivity index (χ0v) is 50.8. The molecule has 0 N–H and O–H groups in total. The predicted molar refractivity (Wildman–Crippen MR) is 326 cm³/mol. The third-order valence-electron chi connectivity index (χ3n) is 15.4. The van der Waals surface area contributed by atoms with Gasteiger partial charge in [-0.3, -0.25) is 14.4 Å². The molecule has 6 nitrogen and oxygen atoms in total. The Hall–Kier alpha value is -2.11. The molecule has 0 saturated heterocycles. The van der Waals surface area contributed by atoms with Gasteiger partial charge < -0.3 is 14.2 Å². The SMILES string of the molecule is CCC/C=C\C/C=C\CCCCCCCC(=O)OCC(COC(=O)CCCCCCCCCCCCCCCCCCCCCCCCCC)OC(=O)CCCCCCCCCCCCCCCCCCCCCC. The van der Waals surface area contributed by atoms with Gasteiger partial charge in [-0.25, -0.2) is 0 Å². The van der Waals surface area contributed by atoms with Crippen molar-refractivity contribution in [2.75, 3.05) is 13.2 Å². The van der Waals surface area contributed by atoms with E-state index in [4.69, 9.17) is 14.2 Å². The van der Waals surface area contributed by atoms with Crippen LogP contribution in [0.2, 0.25) is 0 Å². The summed E-state index contributed by atoms with van der Waals surface area (Å²) < 4.78 is 17.0. The van der Waals surface area contributed by atoms with Crippen LogP contribution in [-0.4, -0.2) is 37.2 Å². The van der Waals surface area contributed by atoms with Crippen molar-refractivity contribution in [2.45, 2.75) is 386 Å². The van der Waals surface area contributed by atoms with Gasteiger partial charge >= 0.3 is 17.9 Å². The molecule has 442 valence electrons. The van der Waals surface area contributed by atoms with E-state index in [0.717, 1.165) is 83.5 Å². The predicted octanol–water partition coefficient (Wildman–Crippen LogP) is 23.0. The third kappa shape index (κ3) is 62.6. The Bertz CT molecular complexity index is 1210. The number of carbonyl (C=O) groups excluding carboxylic acids is 3. The Morgan fingerprint density at radius 3 is 0.787 bits per heavy atom. The van der Waals surface area contributed by atoms with Crippen molar-refractivity contribution in [3.8, 4) is 0 Å². The third-order valence-corrected chi connectivity index (χ3v) is 15.4. The van der Waals surface area contributed by atoms with Gasteiger partial charge in [-0.05, 0) is 44.9 Å². The van der Waals surface area contributed by atoms with E-state index in [1.54, 1.807) is 0 Å². The molecule has 1 atom stereocenters. The summed E-state index contributed by atoms with van der Waals surface area (Å²) in [5.74, 6) is -0.854. The van der Waals surface area contributed by atoms with Crippen molar-refractivity contribution in [3.63, 3.8) is 0 Å². The first-order valence-electron chi connectivity index (χ1n) is 33.8. The number of hydrogen-bond donors (Lipinski definition) is 0. The lowest BCUT2D eigenvalue weighted by atomic mass is 10.0. The summed E-state index contributed by atoms with van der Waals surface area (Å²) in [4.78, 5) is 38.3. The molecule has 0 spiro atoms. The summed E-state index contributed by atoms with van der Waals surface area (Å²) in [6, 6.07) is 0. The number of allylic oxidation sites excluding steroid dienone is 4. The average Bonchev–Trinajstić information content (AvgIpc) is 3.41. The van der Waals surface area contributed by atoms with Crippen LogP contribution in [-0.2, 0) is 28.6 Å². The van der Waals surface area contributed by atoms with Gasteiger partial charge in [0.25, 0.3) is 0 Å². The molecular weight excluding hydrogens is 925 g/mol. The highest BCUT2D eigenvalue weighted by Gasteiger charge is 2.19. The Kier molecular flexibility index (Phi) is 62.6. The van der Waals surface area contributed by atoms with Gasteiger partial charge in [-0.1, -0.05) is 340 Å². The lowest BCUT2D eigenvalue weighted by Gasteiger charge is -2.18. The monoisotopic (exact) mass is 1050 g/mol. The number of unbranched alkanes of at least 4 members (excludes halogenated alkanes) is 48. The molecule has 0 saturated carbocycles. The van der Waals surface area contributed by atoms with E-state index in [-0.39, 0.29) is 31.1 Å². The van der Waals surface area contributed by atoms with Gasteiger partial charge in [0, 0.05) is 19.3 Å². The molecule has 0 rings (SSSR count). The van der Waals surface area contributed by atoms with E-state index in [2.05, 4.69) is 45.1 Å². The average molecular weight is 1060 g/mol. The van der Waals surface area contributed by atoms with E-state index >= 15 is 0 Å². The molecule has 0 aromatic heterocycles. The molecule has 0 aliphatic rings. The van der Waals surface area contributed by atoms with Crippen LogP contribution >= 0.6 is 0 Å². The Morgan fingerprint density at radius 2 is 0.507 bits per heavy atom.